The molecule has 0 radical (unpaired) electrons. The highest BCUT2D eigenvalue weighted by molar-refractivity contribution is 5.69. The molecule has 1 N–H and O–H groups in total. The van der Waals surface area contributed by atoms with Crippen LogP contribution in [-0.2, 0) is 0 Å². The number of hydrogen-bond donors (Lipinski definition) is 1. The molecule has 0 aliphatic rings. The molecular weight excluding hydrogens is 166 g/mol. The van der Waals surface area contributed by atoms with Gasteiger partial charge in [-0.25, -0.2) is 4.79 Å². The Bertz CT molecular complexity index is 252. The first-order valence-corrected chi connectivity index (χ1v) is 3.77. The second-order valence-corrected chi connectivity index (χ2v) is 1.95. The number of benzene rings is 1. The molecule has 0 aromatic heterocycles. The summed E-state index contributed by atoms with van der Waals surface area (Å²) in [5.41, 5.74) is 0. The van der Waals surface area contributed by atoms with E-state index in [1.165, 1.54) is 7.05 Å². The largest absolute Gasteiger partial charge is 0.412 e. The Labute approximate surface area is 79.5 Å². The van der Waals surface area contributed by atoms with E-state index in [2.05, 4.69) is 18.5 Å². The lowest BCUT2D eigenvalue weighted by Crippen LogP contribution is -2.21. The molecule has 0 unspecified atom stereocenters. The molecule has 1 aromatic rings. The van der Waals surface area contributed by atoms with Gasteiger partial charge >= 0.3 is 6.09 Å². The van der Waals surface area contributed by atoms with Gasteiger partial charge < -0.3 is 10.1 Å². The van der Waals surface area contributed by atoms with Gasteiger partial charge in [-0.15, -0.1) is 13.2 Å². The molecule has 0 heterocycles. The molecule has 0 atom stereocenters. The van der Waals surface area contributed by atoms with E-state index in [1.54, 1.807) is 24.3 Å². The molecule has 1 amide bonds. The van der Waals surface area contributed by atoms with Gasteiger partial charge in [-0.1, -0.05) is 18.2 Å². The van der Waals surface area contributed by atoms with Crippen molar-refractivity contribution in [3.63, 3.8) is 0 Å². The zero-order valence-electron chi connectivity index (χ0n) is 7.62. The molecule has 1 aromatic carbocycles. The first-order valence-electron chi connectivity index (χ1n) is 3.77. The molecule has 0 aliphatic heterocycles. The smallest absolute Gasteiger partial charge is 0.410 e. The Hall–Kier alpha value is -1.77. The molecule has 0 fully saturated rings. The van der Waals surface area contributed by atoms with Gasteiger partial charge in [0.15, 0.2) is 0 Å². The van der Waals surface area contributed by atoms with Crippen LogP contribution in [0.1, 0.15) is 1.43 Å². The van der Waals surface area contributed by atoms with E-state index in [-0.39, 0.29) is 1.43 Å². The molecule has 1 rings (SSSR count). The number of nitrogens with one attached hydrogen (secondary N) is 1. The van der Waals surface area contributed by atoms with Crippen LogP contribution < -0.4 is 10.1 Å². The molecule has 0 bridgehead atoms. The van der Waals surface area contributed by atoms with Gasteiger partial charge in [-0.2, -0.15) is 0 Å². The Morgan fingerprint density at radius 1 is 1.38 bits per heavy atom. The van der Waals surface area contributed by atoms with Gasteiger partial charge in [0.1, 0.15) is 5.75 Å². The average molecular weight is 181 g/mol. The van der Waals surface area contributed by atoms with E-state index >= 15 is 0 Å². The van der Waals surface area contributed by atoms with Crippen LogP contribution >= 0.6 is 0 Å². The van der Waals surface area contributed by atoms with Gasteiger partial charge in [0.2, 0.25) is 0 Å². The van der Waals surface area contributed by atoms with Crippen molar-refractivity contribution in [2.45, 2.75) is 0 Å². The highest BCUT2D eigenvalue weighted by atomic mass is 16.5. The fourth-order valence-corrected chi connectivity index (χ4v) is 0.647. The first-order chi connectivity index (χ1) is 6.33. The quantitative estimate of drug-likeness (QED) is 0.676. The number of amides is 1. The summed E-state index contributed by atoms with van der Waals surface area (Å²) in [5.74, 6) is 0.548. The van der Waals surface area contributed by atoms with E-state index in [9.17, 15) is 4.79 Å². The number of carbonyl (C=O) groups excluding carboxylic acids is 1. The van der Waals surface area contributed by atoms with Crippen LogP contribution in [0.5, 0.6) is 5.75 Å². The second-order valence-electron chi connectivity index (χ2n) is 1.95. The lowest BCUT2D eigenvalue weighted by molar-refractivity contribution is 0.203. The van der Waals surface area contributed by atoms with Crippen molar-refractivity contribution in [1.82, 2.24) is 5.32 Å². The van der Waals surface area contributed by atoms with Crippen LogP contribution in [0.2, 0.25) is 0 Å². The van der Waals surface area contributed by atoms with E-state index < -0.39 is 6.09 Å². The van der Waals surface area contributed by atoms with Crippen LogP contribution in [0.3, 0.4) is 0 Å². The topological polar surface area (TPSA) is 38.3 Å². The summed E-state index contributed by atoms with van der Waals surface area (Å²) < 4.78 is 4.81. The molecule has 13 heavy (non-hydrogen) atoms. The van der Waals surface area contributed by atoms with Gasteiger partial charge in [0.05, 0.1) is 0 Å². The normalized spacial score (nSPS) is 7.77. The maximum Gasteiger partial charge on any atom is 0.412 e. The molecule has 0 saturated heterocycles. The zero-order chi connectivity index (χ0) is 10.1. The summed E-state index contributed by atoms with van der Waals surface area (Å²) in [6.07, 6.45) is -0.448. The van der Waals surface area contributed by atoms with Crippen LogP contribution in [0.4, 0.5) is 4.79 Å². The molecule has 3 nitrogen and oxygen atoms in total. The van der Waals surface area contributed by atoms with E-state index in [0.29, 0.717) is 5.75 Å². The van der Waals surface area contributed by atoms with Gasteiger partial charge in [-0.05, 0) is 12.1 Å². The summed E-state index contributed by atoms with van der Waals surface area (Å²) in [6.45, 7) is 6.00. The lowest BCUT2D eigenvalue weighted by atomic mass is 10.3. The second kappa shape index (κ2) is 6.91. The fourth-order valence-electron chi connectivity index (χ4n) is 0.647. The van der Waals surface area contributed by atoms with E-state index in [1.807, 2.05) is 6.07 Å². The summed E-state index contributed by atoms with van der Waals surface area (Å²) in [5, 5.41) is 2.35. The predicted octanol–water partition coefficient (Wildman–Crippen LogP) is 2.45. The Morgan fingerprint density at radius 2 is 1.92 bits per heavy atom. The number of ether oxygens (including phenoxy) is 1. The van der Waals surface area contributed by atoms with Crippen molar-refractivity contribution < 1.29 is 11.0 Å². The number of carbonyl (C=O) groups is 1. The monoisotopic (exact) mass is 181 g/mol. The molecular formula is C10H15NO2. The Morgan fingerprint density at radius 3 is 2.38 bits per heavy atom. The number of para-hydroxylation sites is 1. The van der Waals surface area contributed by atoms with Crippen LogP contribution in [0.25, 0.3) is 0 Å². The Balaban J connectivity index is 0. The van der Waals surface area contributed by atoms with Crippen LogP contribution in [0, 0.1) is 0 Å². The minimum Gasteiger partial charge on any atom is -0.410 e. The minimum absolute atomic E-state index is 0. The zero-order valence-corrected chi connectivity index (χ0v) is 7.62. The SMILES string of the molecule is C=C.CNC(=O)Oc1ccccc1.[HH]. The highest BCUT2D eigenvalue weighted by Gasteiger charge is 1.97. The van der Waals surface area contributed by atoms with Crippen molar-refractivity contribution in [2.75, 3.05) is 7.05 Å². The van der Waals surface area contributed by atoms with Crippen molar-refractivity contribution in [3.05, 3.63) is 43.5 Å². The van der Waals surface area contributed by atoms with Crippen molar-refractivity contribution in [1.29, 1.82) is 0 Å². The Kier molecular flexibility index (Phi) is 5.97. The summed E-state index contributed by atoms with van der Waals surface area (Å²) in [7, 11) is 1.52. The third-order valence-corrected chi connectivity index (χ3v) is 1.16. The summed E-state index contributed by atoms with van der Waals surface area (Å²) >= 11 is 0. The molecule has 0 saturated carbocycles. The maximum absolute atomic E-state index is 10.6. The van der Waals surface area contributed by atoms with Crippen molar-refractivity contribution in [2.24, 2.45) is 0 Å². The van der Waals surface area contributed by atoms with Gasteiger partial charge in [-0.3, -0.25) is 0 Å². The highest BCUT2D eigenvalue weighted by Crippen LogP contribution is 2.07. The van der Waals surface area contributed by atoms with Gasteiger partial charge in [0, 0.05) is 8.47 Å². The standard InChI is InChI=1S/C8H9NO2.C2H4.H2/c1-9-8(10)11-7-5-3-2-4-6-7;1-2;/h2-6H,1H3,(H,9,10);1-2H2;1H. The summed E-state index contributed by atoms with van der Waals surface area (Å²) in [4.78, 5) is 10.6. The predicted molar refractivity (Wildman–Crippen MR) is 54.9 cm³/mol. The number of hydrogen-bond acceptors (Lipinski definition) is 2. The molecule has 3 heteroatoms. The molecule has 0 spiro atoms. The third kappa shape index (κ3) is 4.63. The van der Waals surface area contributed by atoms with Crippen molar-refractivity contribution >= 4 is 6.09 Å². The molecule has 72 valence electrons. The van der Waals surface area contributed by atoms with E-state index in [0.717, 1.165) is 0 Å². The van der Waals surface area contributed by atoms with Gasteiger partial charge in [0.25, 0.3) is 0 Å². The average Bonchev–Trinajstić information content (AvgIpc) is 2.22. The fraction of sp³-hybridized carbons (Fsp3) is 0.100. The summed E-state index contributed by atoms with van der Waals surface area (Å²) in [6, 6.07) is 8.90. The first kappa shape index (κ1) is 11.2. The number of rotatable bonds is 1. The van der Waals surface area contributed by atoms with Crippen LogP contribution in [-0.4, -0.2) is 13.1 Å². The third-order valence-electron chi connectivity index (χ3n) is 1.16. The minimum atomic E-state index is -0.448. The molecule has 0 aliphatic carbocycles. The van der Waals surface area contributed by atoms with Crippen LogP contribution in [0.15, 0.2) is 43.5 Å². The lowest BCUT2D eigenvalue weighted by Gasteiger charge is -2.00. The van der Waals surface area contributed by atoms with E-state index in [4.69, 9.17) is 4.74 Å². The van der Waals surface area contributed by atoms with Crippen molar-refractivity contribution in [3.8, 4) is 5.75 Å². The maximum atomic E-state index is 10.6.